The summed E-state index contributed by atoms with van der Waals surface area (Å²) >= 11 is 0. The standard InChI is InChI=1S/C12H17N3O2/c1-17-11-6-9(12(16)15-13)10(7-14-11)8-4-2-3-5-8/h6-8H,2-5,13H2,1H3,(H,15,16). The van der Waals surface area contributed by atoms with Crippen molar-refractivity contribution in [3.63, 3.8) is 0 Å². The number of amides is 1. The lowest BCUT2D eigenvalue weighted by Crippen LogP contribution is -2.31. The zero-order valence-electron chi connectivity index (χ0n) is 9.90. The van der Waals surface area contributed by atoms with E-state index in [1.807, 2.05) is 0 Å². The van der Waals surface area contributed by atoms with Gasteiger partial charge >= 0.3 is 0 Å². The van der Waals surface area contributed by atoms with Crippen LogP contribution in [0.25, 0.3) is 0 Å². The maximum absolute atomic E-state index is 11.7. The topological polar surface area (TPSA) is 77.2 Å². The van der Waals surface area contributed by atoms with Crippen LogP contribution in [0.5, 0.6) is 5.88 Å². The van der Waals surface area contributed by atoms with Gasteiger partial charge in [-0.05, 0) is 24.3 Å². The number of aromatic nitrogens is 1. The molecule has 5 heteroatoms. The maximum Gasteiger partial charge on any atom is 0.265 e. The van der Waals surface area contributed by atoms with Gasteiger partial charge in [0.2, 0.25) is 5.88 Å². The van der Waals surface area contributed by atoms with Gasteiger partial charge in [0.05, 0.1) is 12.7 Å². The predicted molar refractivity (Wildman–Crippen MR) is 63.7 cm³/mol. The van der Waals surface area contributed by atoms with Gasteiger partial charge < -0.3 is 4.74 Å². The molecule has 1 aliphatic carbocycles. The number of rotatable bonds is 3. The zero-order valence-corrected chi connectivity index (χ0v) is 9.90. The summed E-state index contributed by atoms with van der Waals surface area (Å²) in [4.78, 5) is 15.9. The van der Waals surface area contributed by atoms with Gasteiger partial charge in [-0.1, -0.05) is 12.8 Å². The molecule has 1 aromatic heterocycles. The van der Waals surface area contributed by atoms with Crippen molar-refractivity contribution in [3.05, 3.63) is 23.4 Å². The Kier molecular flexibility index (Phi) is 3.58. The van der Waals surface area contributed by atoms with Crippen LogP contribution in [0.2, 0.25) is 0 Å². The molecule has 0 spiro atoms. The number of nitrogen functional groups attached to an aromatic ring is 1. The molecule has 92 valence electrons. The molecule has 0 unspecified atom stereocenters. The Hall–Kier alpha value is -1.62. The van der Waals surface area contributed by atoms with Crippen molar-refractivity contribution >= 4 is 5.91 Å². The number of hydrogen-bond donors (Lipinski definition) is 2. The van der Waals surface area contributed by atoms with Crippen LogP contribution in [-0.2, 0) is 0 Å². The first kappa shape index (κ1) is 11.9. The number of carbonyl (C=O) groups is 1. The van der Waals surface area contributed by atoms with Crippen LogP contribution in [0.15, 0.2) is 12.3 Å². The van der Waals surface area contributed by atoms with E-state index in [0.29, 0.717) is 17.4 Å². The summed E-state index contributed by atoms with van der Waals surface area (Å²) in [5, 5.41) is 0. The molecule has 1 aromatic rings. The molecule has 0 saturated heterocycles. The van der Waals surface area contributed by atoms with E-state index >= 15 is 0 Å². The van der Waals surface area contributed by atoms with Crippen LogP contribution in [0.1, 0.15) is 47.5 Å². The van der Waals surface area contributed by atoms with E-state index in [1.165, 1.54) is 20.0 Å². The minimum Gasteiger partial charge on any atom is -0.481 e. The Morgan fingerprint density at radius 2 is 2.24 bits per heavy atom. The lowest BCUT2D eigenvalue weighted by Gasteiger charge is -2.14. The number of nitrogens with one attached hydrogen (secondary N) is 1. The van der Waals surface area contributed by atoms with Crippen molar-refractivity contribution in [3.8, 4) is 5.88 Å². The Morgan fingerprint density at radius 3 is 2.82 bits per heavy atom. The largest absolute Gasteiger partial charge is 0.481 e. The van der Waals surface area contributed by atoms with Gasteiger partial charge in [0.25, 0.3) is 5.91 Å². The summed E-state index contributed by atoms with van der Waals surface area (Å²) in [6.45, 7) is 0. The Morgan fingerprint density at radius 1 is 1.53 bits per heavy atom. The van der Waals surface area contributed by atoms with Crippen LogP contribution in [0.4, 0.5) is 0 Å². The smallest absolute Gasteiger partial charge is 0.265 e. The number of nitrogens with two attached hydrogens (primary N) is 1. The molecule has 2 rings (SSSR count). The predicted octanol–water partition coefficient (Wildman–Crippen LogP) is 1.35. The van der Waals surface area contributed by atoms with E-state index in [0.717, 1.165) is 18.4 Å². The second-order valence-corrected chi connectivity index (χ2v) is 4.27. The van der Waals surface area contributed by atoms with Crippen LogP contribution in [0, 0.1) is 0 Å². The fourth-order valence-corrected chi connectivity index (χ4v) is 2.39. The molecule has 1 aliphatic rings. The van der Waals surface area contributed by atoms with Gasteiger partial charge in [-0.25, -0.2) is 10.8 Å². The quantitative estimate of drug-likeness (QED) is 0.471. The lowest BCUT2D eigenvalue weighted by atomic mass is 9.94. The molecule has 1 fully saturated rings. The Balaban J connectivity index is 2.38. The minimum atomic E-state index is -0.285. The molecular formula is C12H17N3O2. The molecule has 0 bridgehead atoms. The van der Waals surface area contributed by atoms with Crippen LogP contribution < -0.4 is 16.0 Å². The molecule has 3 N–H and O–H groups in total. The second-order valence-electron chi connectivity index (χ2n) is 4.27. The van der Waals surface area contributed by atoms with Crippen molar-refractivity contribution in [2.45, 2.75) is 31.6 Å². The fraction of sp³-hybridized carbons (Fsp3) is 0.500. The van der Waals surface area contributed by atoms with E-state index in [9.17, 15) is 4.79 Å². The average Bonchev–Trinajstić information content (AvgIpc) is 2.90. The molecule has 0 aliphatic heterocycles. The number of hydrogen-bond acceptors (Lipinski definition) is 4. The van der Waals surface area contributed by atoms with Gasteiger partial charge in [-0.3, -0.25) is 10.2 Å². The first-order valence-corrected chi connectivity index (χ1v) is 5.81. The number of pyridine rings is 1. The summed E-state index contributed by atoms with van der Waals surface area (Å²) in [5.41, 5.74) is 3.73. The summed E-state index contributed by atoms with van der Waals surface area (Å²) < 4.78 is 5.04. The van der Waals surface area contributed by atoms with Crippen LogP contribution in [0.3, 0.4) is 0 Å². The average molecular weight is 235 g/mol. The Bertz CT molecular complexity index is 414. The van der Waals surface area contributed by atoms with Crippen molar-refractivity contribution in [2.75, 3.05) is 7.11 Å². The maximum atomic E-state index is 11.7. The zero-order chi connectivity index (χ0) is 12.3. The summed E-state index contributed by atoms with van der Waals surface area (Å²) in [6, 6.07) is 1.65. The number of carbonyl (C=O) groups excluding carboxylic acids is 1. The van der Waals surface area contributed by atoms with Gasteiger partial charge in [-0.2, -0.15) is 0 Å². The third-order valence-corrected chi connectivity index (χ3v) is 3.29. The molecule has 1 amide bonds. The van der Waals surface area contributed by atoms with Gasteiger partial charge in [0, 0.05) is 12.3 Å². The number of nitrogens with zero attached hydrogens (tertiary/aromatic N) is 1. The highest BCUT2D eigenvalue weighted by Gasteiger charge is 2.23. The van der Waals surface area contributed by atoms with Gasteiger partial charge in [0.15, 0.2) is 0 Å². The number of ether oxygens (including phenoxy) is 1. The summed E-state index contributed by atoms with van der Waals surface area (Å²) in [7, 11) is 1.53. The highest BCUT2D eigenvalue weighted by atomic mass is 16.5. The van der Waals surface area contributed by atoms with E-state index < -0.39 is 0 Å². The van der Waals surface area contributed by atoms with Crippen LogP contribution >= 0.6 is 0 Å². The molecule has 1 heterocycles. The number of hydrazine groups is 1. The van der Waals surface area contributed by atoms with Gasteiger partial charge in [-0.15, -0.1) is 0 Å². The third-order valence-electron chi connectivity index (χ3n) is 3.29. The molecule has 0 aromatic carbocycles. The van der Waals surface area contributed by atoms with Crippen molar-refractivity contribution in [1.82, 2.24) is 10.4 Å². The summed E-state index contributed by atoms with van der Waals surface area (Å²) in [6.07, 6.45) is 6.37. The second kappa shape index (κ2) is 5.14. The Labute approximate surface area is 100 Å². The van der Waals surface area contributed by atoms with Crippen molar-refractivity contribution in [2.24, 2.45) is 5.84 Å². The first-order valence-electron chi connectivity index (χ1n) is 5.81. The van der Waals surface area contributed by atoms with E-state index in [4.69, 9.17) is 10.6 Å². The van der Waals surface area contributed by atoms with E-state index in [-0.39, 0.29) is 5.91 Å². The monoisotopic (exact) mass is 235 g/mol. The third kappa shape index (κ3) is 2.39. The molecule has 0 atom stereocenters. The molecule has 1 saturated carbocycles. The van der Waals surface area contributed by atoms with Crippen molar-refractivity contribution in [1.29, 1.82) is 0 Å². The lowest BCUT2D eigenvalue weighted by molar-refractivity contribution is 0.0951. The van der Waals surface area contributed by atoms with Crippen LogP contribution in [-0.4, -0.2) is 18.0 Å². The normalized spacial score (nSPS) is 15.9. The molecule has 5 nitrogen and oxygen atoms in total. The highest BCUT2D eigenvalue weighted by Crippen LogP contribution is 2.36. The minimum absolute atomic E-state index is 0.285. The summed E-state index contributed by atoms with van der Waals surface area (Å²) in [5.74, 6) is 5.77. The highest BCUT2D eigenvalue weighted by molar-refractivity contribution is 5.95. The molecular weight excluding hydrogens is 218 g/mol. The SMILES string of the molecule is COc1cc(C(=O)NN)c(C2CCCC2)cn1. The molecule has 0 radical (unpaired) electrons. The molecule has 17 heavy (non-hydrogen) atoms. The van der Waals surface area contributed by atoms with E-state index in [1.54, 1.807) is 12.3 Å². The van der Waals surface area contributed by atoms with E-state index in [2.05, 4.69) is 10.4 Å². The van der Waals surface area contributed by atoms with Crippen molar-refractivity contribution < 1.29 is 9.53 Å². The number of methoxy groups -OCH3 is 1. The van der Waals surface area contributed by atoms with Gasteiger partial charge in [0.1, 0.15) is 0 Å². The first-order chi connectivity index (χ1) is 8.26. The fourth-order valence-electron chi connectivity index (χ4n) is 2.39.